The summed E-state index contributed by atoms with van der Waals surface area (Å²) in [6.07, 6.45) is 1.94. The van der Waals surface area contributed by atoms with Gasteiger partial charge >= 0.3 is 29.5 Å². The van der Waals surface area contributed by atoms with Gasteiger partial charge in [-0.25, -0.2) is 33.1 Å². The van der Waals surface area contributed by atoms with Crippen molar-refractivity contribution in [3.63, 3.8) is 0 Å². The summed E-state index contributed by atoms with van der Waals surface area (Å²) in [7, 11) is -17.1. The third kappa shape index (κ3) is 14.4. The molecule has 0 bridgehead atoms. The molecule has 9 atom stereocenters. The number of hydrogen-bond acceptors (Lipinski definition) is 17. The monoisotopic (exact) mass is 931 g/mol. The highest BCUT2D eigenvalue weighted by atomic mass is 32.2. The van der Waals surface area contributed by atoms with Crippen molar-refractivity contribution >= 4 is 69.9 Å². The van der Waals surface area contributed by atoms with E-state index < -0.39 is 60.6 Å². The molecule has 0 radical (unpaired) electrons. The molecule has 0 aromatic carbocycles. The van der Waals surface area contributed by atoms with Gasteiger partial charge in [-0.1, -0.05) is 12.8 Å². The molecule has 0 aliphatic carbocycles. The summed E-state index contributed by atoms with van der Waals surface area (Å²) >= 11 is 1.82. The van der Waals surface area contributed by atoms with Crippen molar-refractivity contribution < 1.29 is 75.7 Å². The van der Waals surface area contributed by atoms with Crippen LogP contribution in [0.2, 0.25) is 0 Å². The van der Waals surface area contributed by atoms with Gasteiger partial charge in [-0.05, 0) is 51.4 Å². The van der Waals surface area contributed by atoms with Gasteiger partial charge < -0.3 is 61.5 Å². The fraction of sp³-hybridized carbons (Fsp3) is 0.742. The van der Waals surface area contributed by atoms with Crippen LogP contribution in [0.3, 0.4) is 0 Å². The van der Waals surface area contributed by atoms with E-state index >= 15 is 0 Å². The molecule has 3 unspecified atom stereocenters. The number of unbranched alkanes of at least 4 members (excludes halogenated alkanes) is 4. The number of phosphoric acid groups is 3. The number of carbonyl (C=O) groups excluding carboxylic acids is 3. The summed E-state index contributed by atoms with van der Waals surface area (Å²) < 4.78 is 55.5. The van der Waals surface area contributed by atoms with Crippen molar-refractivity contribution in [1.29, 1.82) is 0 Å². The number of fused-ring (bicyclic) bond motifs is 2. The molecule has 25 nitrogen and oxygen atoms in total. The first-order valence-electron chi connectivity index (χ1n) is 19.3. The first-order chi connectivity index (χ1) is 28.3. The van der Waals surface area contributed by atoms with E-state index in [1.54, 1.807) is 0 Å². The number of carbonyl (C=O) groups is 3. The van der Waals surface area contributed by atoms with Gasteiger partial charge in [0.1, 0.15) is 24.5 Å². The highest BCUT2D eigenvalue weighted by molar-refractivity contribution is 8.00. The van der Waals surface area contributed by atoms with E-state index in [1.807, 2.05) is 11.8 Å². The number of nitrogens with zero attached hydrogens (tertiary/aromatic N) is 4. The Morgan fingerprint density at radius 2 is 1.75 bits per heavy atom. The second-order valence-electron chi connectivity index (χ2n) is 14.5. The third-order valence-corrected chi connectivity index (χ3v) is 15.2. The Hall–Kier alpha value is -2.80. The van der Waals surface area contributed by atoms with E-state index in [0.29, 0.717) is 67.0 Å². The molecule has 0 spiro atoms. The number of nitrogens with one attached hydrogen (secondary N) is 4. The fourth-order valence-corrected chi connectivity index (χ4v) is 11.8. The number of anilines is 1. The predicted molar refractivity (Wildman–Crippen MR) is 211 cm³/mol. The smallest absolute Gasteiger partial charge is 0.394 e. The molecule has 2 aromatic rings. The van der Waals surface area contributed by atoms with Crippen molar-refractivity contribution in [2.45, 2.75) is 125 Å². The van der Waals surface area contributed by atoms with Gasteiger partial charge in [0.05, 0.1) is 35.9 Å². The normalized spacial score (nSPS) is 25.3. The number of aliphatic hydroxyl groups is 2. The second kappa shape index (κ2) is 21.5. The number of nitrogen functional groups attached to an aromatic ring is 1. The molecule has 2 aromatic heterocycles. The van der Waals surface area contributed by atoms with E-state index in [2.05, 4.69) is 45.0 Å². The van der Waals surface area contributed by atoms with Crippen molar-refractivity contribution in [1.82, 2.24) is 41.0 Å². The number of ether oxygens (including phenoxy) is 1. The summed E-state index contributed by atoms with van der Waals surface area (Å²) in [5.41, 5.74) is 6.90. The van der Waals surface area contributed by atoms with Gasteiger partial charge in [-0.15, -0.1) is 0 Å². The van der Waals surface area contributed by atoms with Gasteiger partial charge in [0, 0.05) is 36.8 Å². The Morgan fingerprint density at radius 1 is 1.00 bits per heavy atom. The van der Waals surface area contributed by atoms with Crippen LogP contribution in [0.25, 0.3) is 11.0 Å². The van der Waals surface area contributed by atoms with E-state index in [1.165, 1.54) is 11.0 Å². The Labute approximate surface area is 348 Å². The first-order valence-corrected chi connectivity index (χ1v) is 24.9. The third-order valence-electron chi connectivity index (χ3n) is 9.86. The summed E-state index contributed by atoms with van der Waals surface area (Å²) in [4.78, 5) is 82.6. The topological polar surface area (TPSA) is 378 Å². The Kier molecular flexibility index (Phi) is 17.3. The fourth-order valence-electron chi connectivity index (χ4n) is 7.13. The van der Waals surface area contributed by atoms with Crippen LogP contribution in [0.15, 0.2) is 6.33 Å². The van der Waals surface area contributed by atoms with Crippen LogP contribution in [0.4, 0.5) is 10.6 Å². The molecule has 12 N–H and O–H groups in total. The van der Waals surface area contributed by atoms with Crippen LogP contribution >= 0.6 is 35.2 Å². The molecule has 4 amide bonds. The number of aliphatic hydroxyl groups excluding tert-OH is 2. The lowest BCUT2D eigenvalue weighted by atomic mass is 10.0. The maximum atomic E-state index is 12.9. The lowest BCUT2D eigenvalue weighted by Gasteiger charge is -2.23. The van der Waals surface area contributed by atoms with Gasteiger partial charge in [0.25, 0.3) is 0 Å². The van der Waals surface area contributed by atoms with E-state index in [0.717, 1.165) is 18.6 Å². The number of aromatic nitrogens is 4. The lowest BCUT2D eigenvalue weighted by molar-refractivity contribution is -0.124. The zero-order chi connectivity index (χ0) is 43.7. The van der Waals surface area contributed by atoms with Gasteiger partial charge in [0.2, 0.25) is 11.8 Å². The average Bonchev–Trinajstić information content (AvgIpc) is 3.90. The zero-order valence-electron chi connectivity index (χ0n) is 32.3. The van der Waals surface area contributed by atoms with Crippen molar-refractivity contribution in [3.8, 4) is 0 Å². The van der Waals surface area contributed by atoms with Crippen molar-refractivity contribution in [3.05, 3.63) is 12.0 Å². The highest BCUT2D eigenvalue weighted by Crippen LogP contribution is 2.66. The van der Waals surface area contributed by atoms with E-state index in [9.17, 15) is 48.1 Å². The minimum absolute atomic E-state index is 0.0705. The van der Waals surface area contributed by atoms with Crippen LogP contribution < -0.4 is 27.0 Å². The van der Waals surface area contributed by atoms with Crippen LogP contribution in [0, 0.1) is 0 Å². The molecular weight excluding hydrogens is 879 g/mol. The first kappa shape index (κ1) is 48.2. The van der Waals surface area contributed by atoms with Gasteiger partial charge in [-0.2, -0.15) is 25.5 Å². The average molecular weight is 932 g/mol. The second-order valence-corrected chi connectivity index (χ2v) is 20.1. The lowest BCUT2D eigenvalue weighted by Crippen LogP contribution is -2.36. The summed E-state index contributed by atoms with van der Waals surface area (Å²) in [6, 6.07) is 0.142. The van der Waals surface area contributed by atoms with Crippen LogP contribution in [-0.2, 0) is 47.6 Å². The Bertz CT molecular complexity index is 1960. The minimum atomic E-state index is -5.83. The molecule has 3 saturated heterocycles. The maximum absolute atomic E-state index is 12.9. The standard InChI is InChI=1S/C31H52N9O16P3S/c32-29-27-18(39-40(30(27)35-17-34-29)26-14-20(42)21(15-41)53-26)8-3-6-12-25(54-58(49,50)56-59(51,52)55-57(46,47)48)37-24(44)11-2-1-7-13-33-23(43)10-5-4-9-22-28-19(16-60-22)36-31(45)38-28/h17,19-22,25-26,28,41-42H,1-16H2,(H,33,43)(H,37,44)(H,49,50)(H,51,52)(H2,32,34,35)(H2,36,38,45)(H2,46,47,48)/t19-,20-,21+,22-,25?,26-,28-/m0/s1. The summed E-state index contributed by atoms with van der Waals surface area (Å²) in [6.45, 7) is -0.0246. The summed E-state index contributed by atoms with van der Waals surface area (Å²) in [5, 5.41) is 36.2. The van der Waals surface area contributed by atoms with Crippen LogP contribution in [-0.4, -0.2) is 122 Å². The quantitative estimate of drug-likeness (QED) is 0.0286. The molecule has 5 rings (SSSR count). The molecule has 3 fully saturated rings. The largest absolute Gasteiger partial charge is 0.490 e. The predicted octanol–water partition coefficient (Wildman–Crippen LogP) is 0.950. The maximum Gasteiger partial charge on any atom is 0.490 e. The minimum Gasteiger partial charge on any atom is -0.394 e. The molecule has 5 heterocycles. The molecule has 60 heavy (non-hydrogen) atoms. The highest BCUT2D eigenvalue weighted by Gasteiger charge is 2.43. The number of rotatable bonds is 25. The number of amides is 4. The number of hydrogen-bond donors (Lipinski definition) is 11. The Balaban J connectivity index is 1.07. The SMILES string of the molecule is Nc1ncnc2c1c(CCCCC(NC(=O)CCCCCNC(=O)CCCC[C@@H]1SC[C@@H]3NC(=O)N[C@@H]31)OP(=O)(O)OP(=O)(O)OP(=O)(O)O)nn2[C@@H]1C[C@H](O)[C@@H](CO)O1. The zero-order valence-corrected chi connectivity index (χ0v) is 35.8. The van der Waals surface area contributed by atoms with Crippen molar-refractivity contribution in [2.75, 3.05) is 24.6 Å². The molecule has 29 heteroatoms. The van der Waals surface area contributed by atoms with Gasteiger partial charge in [-0.3, -0.25) is 14.1 Å². The van der Waals surface area contributed by atoms with Crippen LogP contribution in [0.1, 0.15) is 89.0 Å². The molecule has 3 aliphatic heterocycles. The molecule has 3 aliphatic rings. The molecule has 0 saturated carbocycles. The molecular formula is C31H52N9O16P3S. The van der Waals surface area contributed by atoms with E-state index in [4.69, 9.17) is 24.8 Å². The van der Waals surface area contributed by atoms with E-state index in [-0.39, 0.29) is 61.9 Å². The number of urea groups is 1. The number of aryl methyl sites for hydroxylation is 1. The number of thioether (sulfide) groups is 1. The van der Waals surface area contributed by atoms with Crippen LogP contribution in [0.5, 0.6) is 0 Å². The Morgan fingerprint density at radius 3 is 2.48 bits per heavy atom. The summed E-state index contributed by atoms with van der Waals surface area (Å²) in [5.74, 6) is 0.268. The number of phosphoric ester groups is 1. The van der Waals surface area contributed by atoms with Gasteiger partial charge in [0.15, 0.2) is 11.9 Å². The number of nitrogens with two attached hydrogens (primary N) is 1. The van der Waals surface area contributed by atoms with Crippen molar-refractivity contribution in [2.24, 2.45) is 0 Å². The molecule has 338 valence electrons.